The van der Waals surface area contributed by atoms with E-state index in [1.807, 2.05) is 0 Å². The molecular weight excluding hydrogens is 488 g/mol. The summed E-state index contributed by atoms with van der Waals surface area (Å²) in [5, 5.41) is 12.5. The maximum absolute atomic E-state index is 14.0. The fraction of sp³-hybridized carbons (Fsp3) is 0.346. The van der Waals surface area contributed by atoms with Crippen molar-refractivity contribution in [2.45, 2.75) is 38.3 Å². The van der Waals surface area contributed by atoms with Crippen LogP contribution in [0.25, 0.3) is 0 Å². The molecule has 2 aliphatic heterocycles. The van der Waals surface area contributed by atoms with Gasteiger partial charge >= 0.3 is 0 Å². The molecule has 0 radical (unpaired) electrons. The maximum atomic E-state index is 14.0. The van der Waals surface area contributed by atoms with Gasteiger partial charge in [-0.25, -0.2) is 8.78 Å². The number of aryl methyl sites for hydroxylation is 1. The molecule has 0 spiro atoms. The van der Waals surface area contributed by atoms with E-state index < -0.39 is 34.5 Å². The number of ketones is 1. The number of pyridine rings is 1. The minimum atomic E-state index is -0.980. The number of carbonyl (C=O) groups excluding carboxylic acids is 2. The Hall–Kier alpha value is -3.99. The summed E-state index contributed by atoms with van der Waals surface area (Å²) in [4.78, 5) is 40.8. The summed E-state index contributed by atoms with van der Waals surface area (Å²) in [6.07, 6.45) is 5.49. The zero-order valence-electron chi connectivity index (χ0n) is 19.9. The van der Waals surface area contributed by atoms with E-state index in [2.05, 4.69) is 0 Å². The van der Waals surface area contributed by atoms with Crippen LogP contribution in [0, 0.1) is 11.6 Å². The van der Waals surface area contributed by atoms with Gasteiger partial charge in [0.2, 0.25) is 5.43 Å². The number of halogens is 2. The van der Waals surface area contributed by atoms with Gasteiger partial charge in [0, 0.05) is 37.4 Å². The second-order valence-electron chi connectivity index (χ2n) is 9.17. The molecular formula is C26H25F2N3O6. The first-order valence-corrected chi connectivity index (χ1v) is 11.9. The minimum absolute atomic E-state index is 0.0697. The molecule has 1 fully saturated rings. The molecule has 0 unspecified atom stereocenters. The average molecular weight is 513 g/mol. The maximum Gasteiger partial charge on any atom is 0.277 e. The highest BCUT2D eigenvalue weighted by atomic mass is 19.1. The van der Waals surface area contributed by atoms with Gasteiger partial charge in [-0.2, -0.15) is 0 Å². The number of hydrogen-bond acceptors (Lipinski definition) is 7. The third-order valence-corrected chi connectivity index (χ3v) is 6.62. The largest absolute Gasteiger partial charge is 0.502 e. The highest BCUT2D eigenvalue weighted by molar-refractivity contribution is 6.00. The Morgan fingerprint density at radius 3 is 2.73 bits per heavy atom. The number of rotatable bonds is 8. The smallest absolute Gasteiger partial charge is 0.277 e. The summed E-state index contributed by atoms with van der Waals surface area (Å²) in [6, 6.07) is 4.79. The SMILES string of the molecule is O=C(CCc1ccc(F)cc1F)c1cn2c(c(O)c1=O)C(=O)N(C[C@@H]1CCCO1)CN2Cc1ccoc1. The van der Waals surface area contributed by atoms with Crippen LogP contribution in [0.5, 0.6) is 5.75 Å². The van der Waals surface area contributed by atoms with Gasteiger partial charge in [0.25, 0.3) is 5.91 Å². The Kier molecular flexibility index (Phi) is 6.79. The number of Topliss-reactive ketones (excluding diaryl/α,β-unsaturated/α-hetero) is 1. The second kappa shape index (κ2) is 10.2. The lowest BCUT2D eigenvalue weighted by Gasteiger charge is -2.40. The zero-order chi connectivity index (χ0) is 26.1. The van der Waals surface area contributed by atoms with Crippen LogP contribution in [-0.2, 0) is 17.7 Å². The Labute approximate surface area is 210 Å². The summed E-state index contributed by atoms with van der Waals surface area (Å²) in [7, 11) is 0. The molecule has 1 aromatic carbocycles. The van der Waals surface area contributed by atoms with Gasteiger partial charge in [-0.05, 0) is 37.0 Å². The Morgan fingerprint density at radius 1 is 1.19 bits per heavy atom. The van der Waals surface area contributed by atoms with E-state index in [0.29, 0.717) is 6.61 Å². The van der Waals surface area contributed by atoms with Crippen molar-refractivity contribution >= 4 is 11.7 Å². The van der Waals surface area contributed by atoms with Crippen molar-refractivity contribution in [2.24, 2.45) is 0 Å². The molecule has 0 saturated carbocycles. The molecule has 37 heavy (non-hydrogen) atoms. The molecule has 4 heterocycles. The number of furan rings is 1. The molecule has 0 bridgehead atoms. The first-order chi connectivity index (χ1) is 17.8. The van der Waals surface area contributed by atoms with E-state index in [1.165, 1.54) is 34.4 Å². The van der Waals surface area contributed by atoms with Gasteiger partial charge in [0.05, 0.1) is 30.7 Å². The first kappa shape index (κ1) is 24.7. The topological polar surface area (TPSA) is 105 Å². The average Bonchev–Trinajstić information content (AvgIpc) is 3.57. The second-order valence-corrected chi connectivity index (χ2v) is 9.17. The summed E-state index contributed by atoms with van der Waals surface area (Å²) in [5.41, 5.74) is -0.666. The van der Waals surface area contributed by atoms with Crippen LogP contribution in [0.4, 0.5) is 8.78 Å². The summed E-state index contributed by atoms with van der Waals surface area (Å²) in [5.74, 6) is -3.56. The number of aromatic hydroxyl groups is 1. The highest BCUT2D eigenvalue weighted by Crippen LogP contribution is 2.25. The number of benzene rings is 1. The third kappa shape index (κ3) is 4.99. The van der Waals surface area contributed by atoms with Crippen LogP contribution in [0.3, 0.4) is 0 Å². The summed E-state index contributed by atoms with van der Waals surface area (Å²) >= 11 is 0. The molecule has 2 aliphatic rings. The molecule has 194 valence electrons. The van der Waals surface area contributed by atoms with E-state index in [0.717, 1.165) is 30.5 Å². The van der Waals surface area contributed by atoms with Crippen molar-refractivity contribution in [3.63, 3.8) is 0 Å². The molecule has 1 N–H and O–H groups in total. The van der Waals surface area contributed by atoms with Crippen LogP contribution < -0.4 is 10.4 Å². The van der Waals surface area contributed by atoms with Crippen molar-refractivity contribution in [2.75, 3.05) is 24.8 Å². The number of nitrogens with zero attached hydrogens (tertiary/aromatic N) is 3. The first-order valence-electron chi connectivity index (χ1n) is 11.9. The van der Waals surface area contributed by atoms with Gasteiger partial charge in [0.1, 0.15) is 18.3 Å². The molecule has 5 rings (SSSR count). The molecule has 11 heteroatoms. The quantitative estimate of drug-likeness (QED) is 0.462. The van der Waals surface area contributed by atoms with Gasteiger partial charge in [-0.1, -0.05) is 6.07 Å². The number of carbonyl (C=O) groups is 2. The van der Waals surface area contributed by atoms with E-state index >= 15 is 0 Å². The number of hydrogen-bond donors (Lipinski definition) is 1. The Morgan fingerprint density at radius 2 is 2.03 bits per heavy atom. The van der Waals surface area contributed by atoms with E-state index in [9.17, 15) is 28.3 Å². The Balaban J connectivity index is 1.47. The van der Waals surface area contributed by atoms with Crippen molar-refractivity contribution < 1.29 is 32.6 Å². The highest BCUT2D eigenvalue weighted by Gasteiger charge is 2.36. The third-order valence-electron chi connectivity index (χ3n) is 6.62. The number of aromatic nitrogens is 1. The van der Waals surface area contributed by atoms with Crippen LogP contribution in [0.2, 0.25) is 0 Å². The summed E-state index contributed by atoms with van der Waals surface area (Å²) < 4.78 is 39.3. The number of fused-ring (bicyclic) bond motifs is 1. The van der Waals surface area contributed by atoms with E-state index in [1.54, 1.807) is 11.1 Å². The fourth-order valence-corrected chi connectivity index (χ4v) is 4.69. The molecule has 1 atom stereocenters. The standard InChI is InChI=1S/C26H25F2N3O6/c27-18-5-3-17(21(28)10-18)4-6-22(32)20-13-31-23(25(34)24(20)33)26(35)29(12-19-2-1-8-37-19)15-30(31)11-16-7-9-36-14-16/h3,5,7,9-10,13-14,19,34H,1-2,4,6,8,11-12,15H2/t19-/m0/s1. The monoisotopic (exact) mass is 513 g/mol. The zero-order valence-corrected chi connectivity index (χ0v) is 19.9. The molecule has 2 aromatic heterocycles. The predicted octanol–water partition coefficient (Wildman–Crippen LogP) is 2.97. The van der Waals surface area contributed by atoms with Gasteiger partial charge in [-0.3, -0.25) is 24.1 Å². The molecule has 9 nitrogen and oxygen atoms in total. The fourth-order valence-electron chi connectivity index (χ4n) is 4.69. The number of ether oxygens (including phenoxy) is 1. The summed E-state index contributed by atoms with van der Waals surface area (Å²) in [6.45, 7) is 1.28. The Bertz CT molecular complexity index is 1380. The predicted molar refractivity (Wildman–Crippen MR) is 127 cm³/mol. The lowest BCUT2D eigenvalue weighted by atomic mass is 10.0. The molecule has 1 amide bonds. The molecule has 3 aromatic rings. The van der Waals surface area contributed by atoms with Gasteiger partial charge in [-0.15, -0.1) is 0 Å². The van der Waals surface area contributed by atoms with Crippen molar-refractivity contribution in [1.29, 1.82) is 0 Å². The van der Waals surface area contributed by atoms with Crippen LogP contribution in [0.1, 0.15) is 51.2 Å². The van der Waals surface area contributed by atoms with Gasteiger partial charge < -0.3 is 19.2 Å². The number of amides is 1. The van der Waals surface area contributed by atoms with Crippen molar-refractivity contribution in [3.8, 4) is 5.75 Å². The van der Waals surface area contributed by atoms with Crippen LogP contribution >= 0.6 is 0 Å². The van der Waals surface area contributed by atoms with Crippen LogP contribution in [0.15, 0.2) is 52.2 Å². The minimum Gasteiger partial charge on any atom is -0.502 e. The van der Waals surface area contributed by atoms with Gasteiger partial charge in [0.15, 0.2) is 17.2 Å². The van der Waals surface area contributed by atoms with E-state index in [-0.39, 0.29) is 55.5 Å². The van der Waals surface area contributed by atoms with E-state index in [4.69, 9.17) is 9.15 Å². The molecule has 1 saturated heterocycles. The molecule has 0 aliphatic carbocycles. The van der Waals surface area contributed by atoms with Crippen molar-refractivity contribution in [3.05, 3.63) is 87.2 Å². The van der Waals surface area contributed by atoms with Crippen molar-refractivity contribution in [1.82, 2.24) is 9.58 Å². The lowest BCUT2D eigenvalue weighted by Crippen LogP contribution is -2.55. The lowest BCUT2D eigenvalue weighted by molar-refractivity contribution is 0.0455. The normalized spacial score (nSPS) is 17.4. The van der Waals surface area contributed by atoms with Crippen LogP contribution in [-0.4, -0.2) is 52.3 Å².